The molecule has 0 unspecified atom stereocenters. The Labute approximate surface area is 116 Å². The van der Waals surface area contributed by atoms with E-state index in [0.717, 1.165) is 5.39 Å². The van der Waals surface area contributed by atoms with E-state index in [4.69, 9.17) is 4.42 Å². The van der Waals surface area contributed by atoms with Crippen LogP contribution in [0.15, 0.2) is 34.7 Å². The van der Waals surface area contributed by atoms with Gasteiger partial charge < -0.3 is 14.6 Å². The highest BCUT2D eigenvalue weighted by Crippen LogP contribution is 2.24. The second-order valence-corrected chi connectivity index (χ2v) is 5.42. The Morgan fingerprint density at radius 2 is 2.10 bits per heavy atom. The van der Waals surface area contributed by atoms with Crippen LogP contribution in [-0.4, -0.2) is 35.3 Å². The average Bonchev–Trinajstić information content (AvgIpc) is 2.85. The second-order valence-electron chi connectivity index (χ2n) is 5.42. The van der Waals surface area contributed by atoms with Crippen molar-refractivity contribution in [3.05, 3.63) is 36.1 Å². The molecule has 2 aromatic rings. The topological polar surface area (TPSA) is 62.6 Å². The molecule has 0 bridgehead atoms. The molecule has 0 spiro atoms. The second kappa shape index (κ2) is 4.37. The Balaban J connectivity index is 1.97. The number of hydrogen-bond acceptors (Lipinski definition) is 3. The summed E-state index contributed by atoms with van der Waals surface area (Å²) in [5, 5.41) is 3.66. The lowest BCUT2D eigenvalue weighted by Crippen LogP contribution is -2.63. The van der Waals surface area contributed by atoms with Gasteiger partial charge in [0.2, 0.25) is 5.91 Å². The number of benzene rings is 1. The maximum Gasteiger partial charge on any atom is 0.290 e. The molecule has 1 saturated heterocycles. The number of fused-ring (bicyclic) bond motifs is 1. The zero-order valence-electron chi connectivity index (χ0n) is 11.5. The average molecular weight is 272 g/mol. The van der Waals surface area contributed by atoms with Gasteiger partial charge in [-0.3, -0.25) is 9.59 Å². The normalized spacial score (nSPS) is 18.1. The van der Waals surface area contributed by atoms with Gasteiger partial charge in [-0.05, 0) is 26.0 Å². The predicted octanol–water partition coefficient (Wildman–Crippen LogP) is 1.78. The van der Waals surface area contributed by atoms with Crippen molar-refractivity contribution in [2.45, 2.75) is 19.4 Å². The molecule has 3 rings (SSSR count). The molecule has 2 heterocycles. The maximum atomic E-state index is 12.6. The minimum atomic E-state index is -0.867. The fraction of sp³-hybridized carbons (Fsp3) is 0.333. The van der Waals surface area contributed by atoms with Gasteiger partial charge in [-0.1, -0.05) is 18.2 Å². The summed E-state index contributed by atoms with van der Waals surface area (Å²) in [6.45, 7) is 4.42. The van der Waals surface area contributed by atoms with Crippen molar-refractivity contribution in [3.63, 3.8) is 0 Å². The number of amides is 2. The first kappa shape index (κ1) is 12.7. The molecule has 1 aliphatic heterocycles. The minimum Gasteiger partial charge on any atom is -0.451 e. The lowest BCUT2D eigenvalue weighted by Gasteiger charge is -2.40. The fourth-order valence-corrected chi connectivity index (χ4v) is 2.48. The molecule has 1 aliphatic rings. The van der Waals surface area contributed by atoms with Gasteiger partial charge in [0.05, 0.1) is 0 Å². The van der Waals surface area contributed by atoms with E-state index in [1.165, 1.54) is 0 Å². The number of piperazine rings is 1. The number of carbonyl (C=O) groups excluding carboxylic acids is 2. The number of nitrogens with zero attached hydrogens (tertiary/aromatic N) is 1. The Morgan fingerprint density at radius 3 is 2.85 bits per heavy atom. The zero-order chi connectivity index (χ0) is 14.3. The van der Waals surface area contributed by atoms with Crippen LogP contribution in [-0.2, 0) is 4.79 Å². The molecule has 5 heteroatoms. The summed E-state index contributed by atoms with van der Waals surface area (Å²) >= 11 is 0. The molecule has 0 atom stereocenters. The van der Waals surface area contributed by atoms with Crippen LogP contribution in [0.1, 0.15) is 24.4 Å². The van der Waals surface area contributed by atoms with Crippen LogP contribution < -0.4 is 5.32 Å². The molecule has 1 fully saturated rings. The van der Waals surface area contributed by atoms with Crippen LogP contribution in [0.5, 0.6) is 0 Å². The molecule has 5 nitrogen and oxygen atoms in total. The number of carbonyl (C=O) groups is 2. The van der Waals surface area contributed by atoms with Gasteiger partial charge >= 0.3 is 0 Å². The minimum absolute atomic E-state index is 0.145. The fourth-order valence-electron chi connectivity index (χ4n) is 2.48. The molecule has 1 aromatic carbocycles. The molecular formula is C15H16N2O3. The first-order chi connectivity index (χ1) is 9.50. The van der Waals surface area contributed by atoms with E-state index in [0.29, 0.717) is 18.7 Å². The van der Waals surface area contributed by atoms with Crippen molar-refractivity contribution < 1.29 is 14.0 Å². The third-order valence-corrected chi connectivity index (χ3v) is 3.73. The van der Waals surface area contributed by atoms with Crippen LogP contribution in [0, 0.1) is 0 Å². The van der Waals surface area contributed by atoms with E-state index in [1.54, 1.807) is 24.8 Å². The summed E-state index contributed by atoms with van der Waals surface area (Å²) < 4.78 is 5.59. The third kappa shape index (κ3) is 1.86. The molecule has 0 saturated carbocycles. The van der Waals surface area contributed by atoms with E-state index < -0.39 is 5.54 Å². The van der Waals surface area contributed by atoms with Crippen LogP contribution in [0.3, 0.4) is 0 Å². The zero-order valence-corrected chi connectivity index (χ0v) is 11.5. The standard InChI is InChI=1S/C15H16N2O3/c1-15(2)14(19)16-7-8-17(15)13(18)12-9-10-5-3-4-6-11(10)20-12/h3-6,9H,7-8H2,1-2H3,(H,16,19). The predicted molar refractivity (Wildman–Crippen MR) is 74.3 cm³/mol. The molecule has 0 aliphatic carbocycles. The molecule has 2 amide bonds. The molecule has 1 N–H and O–H groups in total. The molecular weight excluding hydrogens is 256 g/mol. The lowest BCUT2D eigenvalue weighted by molar-refractivity contribution is -0.133. The first-order valence-electron chi connectivity index (χ1n) is 6.59. The van der Waals surface area contributed by atoms with E-state index in [-0.39, 0.29) is 17.6 Å². The first-order valence-corrected chi connectivity index (χ1v) is 6.59. The Bertz CT molecular complexity index is 654. The largest absolute Gasteiger partial charge is 0.451 e. The van der Waals surface area contributed by atoms with Gasteiger partial charge in [-0.2, -0.15) is 0 Å². The smallest absolute Gasteiger partial charge is 0.290 e. The van der Waals surface area contributed by atoms with Gasteiger partial charge in [-0.15, -0.1) is 0 Å². The van der Waals surface area contributed by atoms with Crippen molar-refractivity contribution >= 4 is 22.8 Å². The molecule has 104 valence electrons. The summed E-state index contributed by atoms with van der Waals surface area (Å²) in [6, 6.07) is 9.19. The van der Waals surface area contributed by atoms with Gasteiger partial charge in [0.1, 0.15) is 11.1 Å². The summed E-state index contributed by atoms with van der Waals surface area (Å²) in [5.74, 6) is -0.122. The number of nitrogens with one attached hydrogen (secondary N) is 1. The highest BCUT2D eigenvalue weighted by atomic mass is 16.3. The van der Waals surface area contributed by atoms with Crippen LogP contribution >= 0.6 is 0 Å². The number of rotatable bonds is 1. The van der Waals surface area contributed by atoms with E-state index in [9.17, 15) is 9.59 Å². The SMILES string of the molecule is CC1(C)C(=O)NCCN1C(=O)c1cc2ccccc2o1. The Morgan fingerprint density at radius 1 is 1.35 bits per heavy atom. The maximum absolute atomic E-state index is 12.6. The summed E-state index contributed by atoms with van der Waals surface area (Å²) in [6.07, 6.45) is 0. The number of hydrogen-bond donors (Lipinski definition) is 1. The van der Waals surface area contributed by atoms with Crippen molar-refractivity contribution in [1.82, 2.24) is 10.2 Å². The summed E-state index contributed by atoms with van der Waals surface area (Å²) in [4.78, 5) is 26.0. The molecule has 20 heavy (non-hydrogen) atoms. The number of para-hydroxylation sites is 1. The van der Waals surface area contributed by atoms with Crippen molar-refractivity contribution in [3.8, 4) is 0 Å². The van der Waals surface area contributed by atoms with Crippen molar-refractivity contribution in [2.24, 2.45) is 0 Å². The monoisotopic (exact) mass is 272 g/mol. The Kier molecular flexibility index (Phi) is 2.78. The highest BCUT2D eigenvalue weighted by molar-refractivity contribution is 6.00. The van der Waals surface area contributed by atoms with Crippen molar-refractivity contribution in [1.29, 1.82) is 0 Å². The summed E-state index contributed by atoms with van der Waals surface area (Å²) in [5.41, 5.74) is -0.191. The molecule has 0 radical (unpaired) electrons. The highest BCUT2D eigenvalue weighted by Gasteiger charge is 2.41. The van der Waals surface area contributed by atoms with E-state index >= 15 is 0 Å². The van der Waals surface area contributed by atoms with Crippen LogP contribution in [0.2, 0.25) is 0 Å². The lowest BCUT2D eigenvalue weighted by atomic mass is 9.98. The number of furan rings is 1. The van der Waals surface area contributed by atoms with Crippen LogP contribution in [0.4, 0.5) is 0 Å². The van der Waals surface area contributed by atoms with Gasteiger partial charge in [0.15, 0.2) is 5.76 Å². The molecule has 1 aromatic heterocycles. The van der Waals surface area contributed by atoms with E-state index in [2.05, 4.69) is 5.32 Å². The Hall–Kier alpha value is -2.30. The quantitative estimate of drug-likeness (QED) is 0.860. The van der Waals surface area contributed by atoms with Crippen LogP contribution in [0.25, 0.3) is 11.0 Å². The van der Waals surface area contributed by atoms with E-state index in [1.807, 2.05) is 24.3 Å². The van der Waals surface area contributed by atoms with Gasteiger partial charge in [0, 0.05) is 18.5 Å². The third-order valence-electron chi connectivity index (χ3n) is 3.73. The van der Waals surface area contributed by atoms with Crippen molar-refractivity contribution in [2.75, 3.05) is 13.1 Å². The summed E-state index contributed by atoms with van der Waals surface area (Å²) in [7, 11) is 0. The van der Waals surface area contributed by atoms with Gasteiger partial charge in [-0.25, -0.2) is 0 Å². The van der Waals surface area contributed by atoms with Gasteiger partial charge in [0.25, 0.3) is 5.91 Å².